The van der Waals surface area contributed by atoms with E-state index in [-0.39, 0.29) is 17.4 Å². The minimum atomic E-state index is 0.0629. The molecule has 1 fully saturated rings. The quantitative estimate of drug-likeness (QED) is 0.776. The smallest absolute Gasteiger partial charge is 0.239 e. The van der Waals surface area contributed by atoms with Gasteiger partial charge in [0, 0.05) is 13.1 Å². The molecule has 1 amide bonds. The molecule has 0 aromatic carbocycles. The summed E-state index contributed by atoms with van der Waals surface area (Å²) in [5.41, 5.74) is 0.205. The van der Waals surface area contributed by atoms with Crippen LogP contribution in [0.15, 0.2) is 0 Å². The molecule has 1 aliphatic heterocycles. The number of hydrogen-bond acceptors (Lipinski definition) is 2. The summed E-state index contributed by atoms with van der Waals surface area (Å²) in [7, 11) is 0. The second-order valence-electron chi connectivity index (χ2n) is 5.80. The lowest BCUT2D eigenvalue weighted by molar-refractivity contribution is -0.130. The highest BCUT2D eigenvalue weighted by molar-refractivity contribution is 5.84. The summed E-state index contributed by atoms with van der Waals surface area (Å²) in [5.74, 6) is 0.883. The summed E-state index contributed by atoms with van der Waals surface area (Å²) < 4.78 is 0. The largest absolute Gasteiger partial charge is 0.341 e. The number of nitrogens with zero attached hydrogens (tertiary/aromatic N) is 1. The number of hydrogen-bond donors (Lipinski definition) is 1. The molecule has 0 aromatic heterocycles. The highest BCUT2D eigenvalue weighted by Gasteiger charge is 2.35. The maximum Gasteiger partial charge on any atom is 0.239 e. The normalized spacial score (nSPS) is 22.2. The first kappa shape index (κ1) is 13.5. The van der Waals surface area contributed by atoms with Gasteiger partial charge in [-0.25, -0.2) is 0 Å². The fourth-order valence-corrected chi connectivity index (χ4v) is 2.01. The van der Waals surface area contributed by atoms with Crippen molar-refractivity contribution in [1.29, 1.82) is 0 Å². The van der Waals surface area contributed by atoms with Crippen LogP contribution in [0.3, 0.4) is 0 Å². The summed E-state index contributed by atoms with van der Waals surface area (Å²) in [6.45, 7) is 13.6. The van der Waals surface area contributed by atoms with Crippen LogP contribution in [0.2, 0.25) is 0 Å². The van der Waals surface area contributed by atoms with Crippen molar-refractivity contribution in [2.24, 2.45) is 11.3 Å². The first-order chi connectivity index (χ1) is 7.38. The van der Waals surface area contributed by atoms with E-state index in [2.05, 4.69) is 33.0 Å². The van der Waals surface area contributed by atoms with E-state index in [9.17, 15) is 4.79 Å². The molecule has 1 saturated heterocycles. The van der Waals surface area contributed by atoms with E-state index in [0.717, 1.165) is 26.1 Å². The first-order valence-corrected chi connectivity index (χ1v) is 6.40. The molecule has 0 bridgehead atoms. The highest BCUT2D eigenvalue weighted by Crippen LogP contribution is 2.28. The second-order valence-corrected chi connectivity index (χ2v) is 5.80. The van der Waals surface area contributed by atoms with Gasteiger partial charge in [0.05, 0.1) is 6.04 Å². The van der Waals surface area contributed by atoms with Crippen molar-refractivity contribution < 1.29 is 4.79 Å². The fourth-order valence-electron chi connectivity index (χ4n) is 2.01. The van der Waals surface area contributed by atoms with Crippen LogP contribution in [0.5, 0.6) is 0 Å². The Bertz CT molecular complexity index is 248. The third kappa shape index (κ3) is 2.97. The number of carbonyl (C=O) groups is 1. The molecule has 1 unspecified atom stereocenters. The van der Waals surface area contributed by atoms with Gasteiger partial charge in [0.25, 0.3) is 0 Å². The molecule has 1 atom stereocenters. The van der Waals surface area contributed by atoms with Crippen LogP contribution in [0, 0.1) is 11.3 Å². The summed E-state index contributed by atoms with van der Waals surface area (Å²) in [6.07, 6.45) is 0.959. The Kier molecular flexibility index (Phi) is 4.36. The lowest BCUT2D eigenvalue weighted by atomic mass is 9.81. The average molecular weight is 226 g/mol. The van der Waals surface area contributed by atoms with Crippen LogP contribution in [0.1, 0.15) is 41.0 Å². The van der Waals surface area contributed by atoms with Gasteiger partial charge in [0.15, 0.2) is 0 Å². The third-order valence-corrected chi connectivity index (χ3v) is 3.91. The van der Waals surface area contributed by atoms with Crippen molar-refractivity contribution in [3.63, 3.8) is 0 Å². The molecule has 1 heterocycles. The minimum Gasteiger partial charge on any atom is -0.341 e. The number of likely N-dealkylation sites (tertiary alicyclic amines) is 1. The molecule has 0 aromatic rings. The average Bonchev–Trinajstić information content (AvgIpc) is 2.50. The van der Waals surface area contributed by atoms with Crippen molar-refractivity contribution in [2.75, 3.05) is 19.6 Å². The molecule has 0 saturated carbocycles. The molecule has 3 heteroatoms. The zero-order chi connectivity index (χ0) is 12.3. The summed E-state index contributed by atoms with van der Waals surface area (Å²) in [5, 5.41) is 3.25. The number of nitrogens with one attached hydrogen (secondary N) is 1. The van der Waals surface area contributed by atoms with Gasteiger partial charge in [-0.3, -0.25) is 4.79 Å². The Hall–Kier alpha value is -0.570. The van der Waals surface area contributed by atoms with Gasteiger partial charge in [0.1, 0.15) is 0 Å². The Balaban J connectivity index is 2.55. The van der Waals surface area contributed by atoms with Crippen LogP contribution >= 0.6 is 0 Å². The molecule has 1 rings (SSSR count). The Labute approximate surface area is 99.6 Å². The van der Waals surface area contributed by atoms with Gasteiger partial charge in [-0.15, -0.1) is 0 Å². The maximum absolute atomic E-state index is 12.1. The van der Waals surface area contributed by atoms with E-state index in [1.807, 2.05) is 11.8 Å². The van der Waals surface area contributed by atoms with Gasteiger partial charge in [-0.1, -0.05) is 34.6 Å². The van der Waals surface area contributed by atoms with Gasteiger partial charge in [0.2, 0.25) is 5.91 Å². The van der Waals surface area contributed by atoms with Crippen LogP contribution in [0.25, 0.3) is 0 Å². The van der Waals surface area contributed by atoms with Crippen molar-refractivity contribution in [3.05, 3.63) is 0 Å². The van der Waals surface area contributed by atoms with E-state index in [1.165, 1.54) is 0 Å². The van der Waals surface area contributed by atoms with Gasteiger partial charge in [-0.2, -0.15) is 0 Å². The molecule has 94 valence electrons. The Morgan fingerprint density at radius 2 is 2.12 bits per heavy atom. The van der Waals surface area contributed by atoms with E-state index < -0.39 is 0 Å². The fraction of sp³-hybridized carbons (Fsp3) is 0.923. The highest BCUT2D eigenvalue weighted by atomic mass is 16.2. The van der Waals surface area contributed by atoms with Gasteiger partial charge in [-0.05, 0) is 24.3 Å². The molecule has 0 aliphatic carbocycles. The summed E-state index contributed by atoms with van der Waals surface area (Å²) in [6, 6.07) is 0.0629. The molecule has 16 heavy (non-hydrogen) atoms. The number of likely N-dealkylation sites (N-methyl/N-ethyl adjacent to an activating group) is 1. The lowest BCUT2D eigenvalue weighted by Crippen LogP contribution is -2.42. The summed E-state index contributed by atoms with van der Waals surface area (Å²) >= 11 is 0. The predicted molar refractivity (Wildman–Crippen MR) is 67.3 cm³/mol. The maximum atomic E-state index is 12.1. The zero-order valence-corrected chi connectivity index (χ0v) is 11.3. The number of carbonyl (C=O) groups excluding carboxylic acids is 1. The van der Waals surface area contributed by atoms with Crippen molar-refractivity contribution in [1.82, 2.24) is 10.2 Å². The van der Waals surface area contributed by atoms with E-state index >= 15 is 0 Å². The van der Waals surface area contributed by atoms with Gasteiger partial charge >= 0.3 is 0 Å². The van der Waals surface area contributed by atoms with Crippen LogP contribution in [0.4, 0.5) is 0 Å². The predicted octanol–water partition coefficient (Wildman–Crippen LogP) is 1.88. The zero-order valence-electron chi connectivity index (χ0n) is 11.3. The van der Waals surface area contributed by atoms with Crippen LogP contribution < -0.4 is 5.32 Å². The Morgan fingerprint density at radius 1 is 1.50 bits per heavy atom. The van der Waals surface area contributed by atoms with E-state index in [4.69, 9.17) is 0 Å². The number of rotatable bonds is 5. The number of amides is 1. The van der Waals surface area contributed by atoms with E-state index in [1.54, 1.807) is 0 Å². The first-order valence-electron chi connectivity index (χ1n) is 6.40. The Morgan fingerprint density at radius 3 is 2.62 bits per heavy atom. The molecule has 0 spiro atoms. The topological polar surface area (TPSA) is 32.3 Å². The molecule has 1 aliphatic rings. The van der Waals surface area contributed by atoms with Crippen LogP contribution in [-0.4, -0.2) is 36.5 Å². The minimum absolute atomic E-state index is 0.0629. The van der Waals surface area contributed by atoms with Crippen molar-refractivity contribution >= 4 is 5.91 Å². The molecule has 3 nitrogen and oxygen atoms in total. The third-order valence-electron chi connectivity index (χ3n) is 3.91. The van der Waals surface area contributed by atoms with Crippen molar-refractivity contribution in [3.8, 4) is 0 Å². The second kappa shape index (κ2) is 5.17. The molecular formula is C13H26N2O. The molecule has 0 radical (unpaired) electrons. The summed E-state index contributed by atoms with van der Waals surface area (Å²) in [4.78, 5) is 14.1. The lowest BCUT2D eigenvalue weighted by Gasteiger charge is -2.33. The monoisotopic (exact) mass is 226 g/mol. The molecular weight excluding hydrogens is 200 g/mol. The molecule has 1 N–H and O–H groups in total. The van der Waals surface area contributed by atoms with Crippen molar-refractivity contribution in [2.45, 2.75) is 47.1 Å². The standard InChI is InChI=1S/C13H26N2O/c1-6-14-11-7-8-15(12(11)16)9-13(4,5)10(2)3/h10-11,14H,6-9H2,1-5H3. The van der Waals surface area contributed by atoms with Crippen LogP contribution in [-0.2, 0) is 4.79 Å². The van der Waals surface area contributed by atoms with E-state index in [0.29, 0.717) is 5.92 Å². The van der Waals surface area contributed by atoms with Gasteiger partial charge < -0.3 is 10.2 Å². The SMILES string of the molecule is CCNC1CCN(CC(C)(C)C(C)C)C1=O.